The molecule has 146 valence electrons. The maximum atomic E-state index is 12.1. The van der Waals surface area contributed by atoms with Gasteiger partial charge in [0, 0.05) is 24.9 Å². The Balaban J connectivity index is 1.82. The minimum absolute atomic E-state index is 0.428. The Kier molecular flexibility index (Phi) is 4.96. The van der Waals surface area contributed by atoms with Crippen LogP contribution in [0, 0.1) is 0 Å². The van der Waals surface area contributed by atoms with Crippen LogP contribution >= 0.6 is 0 Å². The Hall–Kier alpha value is -2.10. The summed E-state index contributed by atoms with van der Waals surface area (Å²) in [7, 11) is 1.04. The molecule has 0 bridgehead atoms. The van der Waals surface area contributed by atoms with Crippen LogP contribution < -0.4 is 11.2 Å². The number of rotatable bonds is 4. The third kappa shape index (κ3) is 3.54. The van der Waals surface area contributed by atoms with Crippen LogP contribution in [-0.2, 0) is 18.8 Å². The molecule has 0 spiro atoms. The van der Waals surface area contributed by atoms with E-state index in [1.165, 1.54) is 16.8 Å². The van der Waals surface area contributed by atoms with E-state index >= 15 is 0 Å². The van der Waals surface area contributed by atoms with Gasteiger partial charge in [-0.1, -0.05) is 5.98 Å². The van der Waals surface area contributed by atoms with Gasteiger partial charge in [-0.05, 0) is 40.7 Å². The largest absolute Gasteiger partial charge is 0.487 e. The Bertz CT molecular complexity index is 882. The summed E-state index contributed by atoms with van der Waals surface area (Å²) >= 11 is 0. The van der Waals surface area contributed by atoms with Gasteiger partial charge in [-0.2, -0.15) is 0 Å². The second kappa shape index (κ2) is 6.81. The first-order chi connectivity index (χ1) is 12.6. The van der Waals surface area contributed by atoms with Gasteiger partial charge in [0.1, 0.15) is 11.9 Å². The van der Waals surface area contributed by atoms with Crippen molar-refractivity contribution in [2.24, 2.45) is 0 Å². The third-order valence-corrected chi connectivity index (χ3v) is 5.38. The number of hydrogen-bond donors (Lipinski definition) is 1. The molecule has 2 atom stereocenters. The predicted octanol–water partition coefficient (Wildman–Crippen LogP) is 1.54. The molecule has 2 aliphatic rings. The molecule has 0 radical (unpaired) electrons. The monoisotopic (exact) mass is 376 g/mol. The van der Waals surface area contributed by atoms with Crippen molar-refractivity contribution in [1.29, 1.82) is 0 Å². The summed E-state index contributed by atoms with van der Waals surface area (Å²) in [6, 6.07) is 1.27. The summed E-state index contributed by atoms with van der Waals surface area (Å²) in [6.07, 6.45) is 1.98. The van der Waals surface area contributed by atoms with Crippen molar-refractivity contribution in [3.8, 4) is 0 Å². The average Bonchev–Trinajstić information content (AvgIpc) is 2.98. The molecule has 0 aliphatic carbocycles. The molecule has 1 saturated heterocycles. The summed E-state index contributed by atoms with van der Waals surface area (Å²) in [4.78, 5) is 25.6. The standard InChI is InChI=1S/C18H25BN2O6/c1-11-12(7-9-19-26-17(2,3)18(4,5)27-19)25-15(14(11)24-6)21-10-8-13(22)20-16(21)23/h7-10,14-15H,1-6H3,(H,20,22,23)/b9-7+/t14?,15-/m1/s1. The zero-order valence-electron chi connectivity index (χ0n) is 16.4. The van der Waals surface area contributed by atoms with Crippen LogP contribution in [-0.4, -0.2) is 41.1 Å². The maximum Gasteiger partial charge on any atom is 0.487 e. The van der Waals surface area contributed by atoms with Crippen molar-refractivity contribution in [3.63, 3.8) is 0 Å². The van der Waals surface area contributed by atoms with Crippen molar-refractivity contribution in [3.05, 3.63) is 56.5 Å². The van der Waals surface area contributed by atoms with Crippen molar-refractivity contribution >= 4 is 7.12 Å². The summed E-state index contributed by atoms with van der Waals surface area (Å²) in [5.41, 5.74) is -1.05. The molecular formula is C18H25BN2O6. The highest BCUT2D eigenvalue weighted by Gasteiger charge is 2.50. The average molecular weight is 376 g/mol. The Morgan fingerprint density at radius 3 is 2.41 bits per heavy atom. The molecular weight excluding hydrogens is 351 g/mol. The fourth-order valence-electron chi connectivity index (χ4n) is 3.07. The molecule has 1 aromatic heterocycles. The van der Waals surface area contributed by atoms with Gasteiger partial charge >= 0.3 is 12.8 Å². The van der Waals surface area contributed by atoms with Crippen molar-refractivity contribution in [2.75, 3.05) is 7.11 Å². The van der Waals surface area contributed by atoms with Gasteiger partial charge in [0.15, 0.2) is 0 Å². The highest BCUT2D eigenvalue weighted by atomic mass is 16.7. The van der Waals surface area contributed by atoms with Gasteiger partial charge in [-0.15, -0.1) is 0 Å². The smallest absolute Gasteiger partial charge is 0.467 e. The molecule has 1 N–H and O–H groups in total. The predicted molar refractivity (Wildman–Crippen MR) is 100 cm³/mol. The van der Waals surface area contributed by atoms with Gasteiger partial charge < -0.3 is 18.8 Å². The van der Waals surface area contributed by atoms with Crippen LogP contribution in [0.2, 0.25) is 0 Å². The molecule has 9 heteroatoms. The first-order valence-corrected chi connectivity index (χ1v) is 8.81. The summed E-state index contributed by atoms with van der Waals surface area (Å²) in [5.74, 6) is 2.35. The van der Waals surface area contributed by atoms with Gasteiger partial charge in [0.25, 0.3) is 5.56 Å². The van der Waals surface area contributed by atoms with Gasteiger partial charge in [-0.3, -0.25) is 14.3 Å². The van der Waals surface area contributed by atoms with Gasteiger partial charge in [-0.25, -0.2) is 4.79 Å². The van der Waals surface area contributed by atoms with E-state index in [0.717, 1.165) is 5.57 Å². The van der Waals surface area contributed by atoms with Gasteiger partial charge in [0.2, 0.25) is 6.23 Å². The minimum Gasteiger partial charge on any atom is -0.467 e. The Morgan fingerprint density at radius 2 is 1.85 bits per heavy atom. The number of nitrogens with zero attached hydrogens (tertiary/aromatic N) is 1. The summed E-state index contributed by atoms with van der Waals surface area (Å²) < 4.78 is 24.6. The van der Waals surface area contributed by atoms with Crippen LogP contribution in [0.5, 0.6) is 0 Å². The highest BCUT2D eigenvalue weighted by molar-refractivity contribution is 6.51. The topological polar surface area (TPSA) is 91.8 Å². The van der Waals surface area contributed by atoms with E-state index < -0.39 is 41.9 Å². The lowest BCUT2D eigenvalue weighted by atomic mass is 9.89. The number of H-pyrrole nitrogens is 1. The Labute approximate surface area is 157 Å². The van der Waals surface area contributed by atoms with Crippen molar-refractivity contribution < 1.29 is 18.8 Å². The van der Waals surface area contributed by atoms with Gasteiger partial charge in [0.05, 0.1) is 11.2 Å². The molecule has 1 aromatic rings. The number of aromatic nitrogens is 2. The lowest BCUT2D eigenvalue weighted by molar-refractivity contribution is -0.0230. The second-order valence-electron chi connectivity index (χ2n) is 7.71. The number of methoxy groups -OCH3 is 1. The quantitative estimate of drug-likeness (QED) is 0.802. The first kappa shape index (κ1) is 19.7. The van der Waals surface area contributed by atoms with Crippen LogP contribution in [0.1, 0.15) is 40.8 Å². The molecule has 2 aliphatic heterocycles. The zero-order valence-corrected chi connectivity index (χ0v) is 16.4. The van der Waals surface area contributed by atoms with E-state index in [9.17, 15) is 9.59 Å². The van der Waals surface area contributed by atoms with Crippen molar-refractivity contribution in [1.82, 2.24) is 9.55 Å². The molecule has 1 fully saturated rings. The normalized spacial score (nSPS) is 26.8. The third-order valence-electron chi connectivity index (χ3n) is 5.38. The van der Waals surface area contributed by atoms with E-state index in [-0.39, 0.29) is 0 Å². The van der Waals surface area contributed by atoms with E-state index in [4.69, 9.17) is 18.8 Å². The number of ether oxygens (including phenoxy) is 2. The van der Waals surface area contributed by atoms with Crippen LogP contribution in [0.15, 0.2) is 45.2 Å². The number of hydrogen-bond acceptors (Lipinski definition) is 6. The molecule has 3 heterocycles. The van der Waals surface area contributed by atoms with Crippen LogP contribution in [0.4, 0.5) is 0 Å². The fraction of sp³-hybridized carbons (Fsp3) is 0.556. The molecule has 0 saturated carbocycles. The Morgan fingerprint density at radius 1 is 1.22 bits per heavy atom. The van der Waals surface area contributed by atoms with E-state index in [2.05, 4.69) is 4.98 Å². The lowest BCUT2D eigenvalue weighted by Crippen LogP contribution is -2.41. The number of aromatic amines is 1. The molecule has 27 heavy (non-hydrogen) atoms. The molecule has 0 amide bonds. The van der Waals surface area contributed by atoms with E-state index in [1.807, 2.05) is 34.6 Å². The van der Waals surface area contributed by atoms with E-state index in [1.54, 1.807) is 19.2 Å². The van der Waals surface area contributed by atoms with Crippen LogP contribution in [0.3, 0.4) is 0 Å². The number of allylic oxidation sites excluding steroid dienone is 1. The first-order valence-electron chi connectivity index (χ1n) is 8.81. The SMILES string of the molecule is COC1C(C)=C(/C=C/B2OC(C)(C)C(C)(C)O2)O[C@H]1n1ccc(=O)[nH]c1=O. The maximum absolute atomic E-state index is 12.1. The summed E-state index contributed by atoms with van der Waals surface area (Å²) in [6.45, 7) is 9.80. The van der Waals surface area contributed by atoms with E-state index in [0.29, 0.717) is 5.76 Å². The molecule has 3 rings (SSSR count). The molecule has 0 aromatic carbocycles. The molecule has 8 nitrogen and oxygen atoms in total. The zero-order chi connectivity index (χ0) is 20.0. The lowest BCUT2D eigenvalue weighted by Gasteiger charge is -2.32. The molecule has 1 unspecified atom stereocenters. The van der Waals surface area contributed by atoms with Crippen molar-refractivity contribution in [2.45, 2.75) is 58.2 Å². The fourth-order valence-corrected chi connectivity index (χ4v) is 3.07. The van der Waals surface area contributed by atoms with Crippen LogP contribution in [0.25, 0.3) is 0 Å². The summed E-state index contributed by atoms with van der Waals surface area (Å²) in [5, 5.41) is 0. The number of nitrogens with one attached hydrogen (secondary N) is 1. The minimum atomic E-state index is -0.711. The second-order valence-corrected chi connectivity index (χ2v) is 7.71. The highest BCUT2D eigenvalue weighted by Crippen LogP contribution is 2.38.